The van der Waals surface area contributed by atoms with E-state index in [0.29, 0.717) is 10.6 Å². The first kappa shape index (κ1) is 13.4. The molecule has 0 amide bonds. The summed E-state index contributed by atoms with van der Waals surface area (Å²) < 4.78 is 5.27. The van der Waals surface area contributed by atoms with E-state index in [4.69, 9.17) is 16.3 Å². The average Bonchev–Trinajstić information content (AvgIpc) is 2.45. The van der Waals surface area contributed by atoms with E-state index in [1.807, 2.05) is 24.3 Å². The standard InChI is InChI=1S/C15H14ClNO2/c1-17-14-8-3-2-7-13(14)15(18)19-10-11-5-4-6-12(16)9-11/h2-9,17H,10H2,1H3. The number of para-hydroxylation sites is 1. The molecule has 3 nitrogen and oxygen atoms in total. The molecule has 19 heavy (non-hydrogen) atoms. The Morgan fingerprint density at radius 2 is 2.00 bits per heavy atom. The van der Waals surface area contributed by atoms with E-state index in [2.05, 4.69) is 5.32 Å². The number of carbonyl (C=O) groups is 1. The average molecular weight is 276 g/mol. The van der Waals surface area contributed by atoms with E-state index < -0.39 is 0 Å². The van der Waals surface area contributed by atoms with E-state index in [-0.39, 0.29) is 12.6 Å². The number of ether oxygens (including phenoxy) is 1. The second kappa shape index (κ2) is 6.25. The van der Waals surface area contributed by atoms with Gasteiger partial charge in [-0.3, -0.25) is 0 Å². The van der Waals surface area contributed by atoms with Gasteiger partial charge in [0.1, 0.15) is 6.61 Å². The quantitative estimate of drug-likeness (QED) is 0.864. The van der Waals surface area contributed by atoms with Crippen LogP contribution < -0.4 is 5.32 Å². The summed E-state index contributed by atoms with van der Waals surface area (Å²) in [5, 5.41) is 3.59. The lowest BCUT2D eigenvalue weighted by Crippen LogP contribution is -2.08. The molecule has 0 aromatic heterocycles. The zero-order valence-electron chi connectivity index (χ0n) is 10.5. The van der Waals surface area contributed by atoms with Crippen molar-refractivity contribution < 1.29 is 9.53 Å². The van der Waals surface area contributed by atoms with E-state index in [1.54, 1.807) is 31.3 Å². The van der Waals surface area contributed by atoms with Crippen molar-refractivity contribution in [1.82, 2.24) is 0 Å². The fourth-order valence-electron chi connectivity index (χ4n) is 1.73. The third-order valence-electron chi connectivity index (χ3n) is 2.68. The van der Waals surface area contributed by atoms with Crippen LogP contribution in [0.4, 0.5) is 5.69 Å². The molecule has 98 valence electrons. The molecule has 0 unspecified atom stereocenters. The molecule has 0 saturated heterocycles. The van der Waals surface area contributed by atoms with Gasteiger partial charge in [0, 0.05) is 17.8 Å². The highest BCUT2D eigenvalue weighted by Gasteiger charge is 2.11. The molecule has 0 aliphatic heterocycles. The molecule has 0 aliphatic carbocycles. The fourth-order valence-corrected chi connectivity index (χ4v) is 1.95. The van der Waals surface area contributed by atoms with E-state index in [9.17, 15) is 4.79 Å². The van der Waals surface area contributed by atoms with Gasteiger partial charge in [-0.25, -0.2) is 4.79 Å². The van der Waals surface area contributed by atoms with Gasteiger partial charge in [-0.15, -0.1) is 0 Å². The molecule has 1 N–H and O–H groups in total. The van der Waals surface area contributed by atoms with Gasteiger partial charge in [0.25, 0.3) is 0 Å². The Morgan fingerprint density at radius 3 is 2.74 bits per heavy atom. The number of nitrogens with one attached hydrogen (secondary N) is 1. The second-order valence-corrected chi connectivity index (χ2v) is 4.44. The van der Waals surface area contributed by atoms with Crippen molar-refractivity contribution in [2.45, 2.75) is 6.61 Å². The van der Waals surface area contributed by atoms with Crippen molar-refractivity contribution in [3.05, 3.63) is 64.7 Å². The van der Waals surface area contributed by atoms with Crippen molar-refractivity contribution in [3.8, 4) is 0 Å². The van der Waals surface area contributed by atoms with Gasteiger partial charge < -0.3 is 10.1 Å². The molecule has 0 radical (unpaired) electrons. The highest BCUT2D eigenvalue weighted by molar-refractivity contribution is 6.30. The highest BCUT2D eigenvalue weighted by atomic mass is 35.5. The minimum atomic E-state index is -0.357. The molecule has 0 atom stereocenters. The van der Waals surface area contributed by atoms with E-state index in [1.165, 1.54) is 0 Å². The van der Waals surface area contributed by atoms with Crippen molar-refractivity contribution in [3.63, 3.8) is 0 Å². The molecule has 0 bridgehead atoms. The zero-order valence-corrected chi connectivity index (χ0v) is 11.3. The van der Waals surface area contributed by atoms with Crippen LogP contribution in [0.3, 0.4) is 0 Å². The minimum absolute atomic E-state index is 0.206. The third-order valence-corrected chi connectivity index (χ3v) is 2.91. The Hall–Kier alpha value is -2.00. The summed E-state index contributed by atoms with van der Waals surface area (Å²) in [7, 11) is 1.77. The Labute approximate surface area is 117 Å². The van der Waals surface area contributed by atoms with Crippen LogP contribution in [0.25, 0.3) is 0 Å². The molecule has 0 spiro atoms. The number of halogens is 1. The second-order valence-electron chi connectivity index (χ2n) is 4.00. The van der Waals surface area contributed by atoms with Crippen molar-refractivity contribution in [2.24, 2.45) is 0 Å². The number of benzene rings is 2. The van der Waals surface area contributed by atoms with Crippen molar-refractivity contribution >= 4 is 23.3 Å². The van der Waals surface area contributed by atoms with Crippen molar-refractivity contribution in [2.75, 3.05) is 12.4 Å². The number of carbonyl (C=O) groups excluding carboxylic acids is 1. The third kappa shape index (κ3) is 3.48. The molecular formula is C15H14ClNO2. The topological polar surface area (TPSA) is 38.3 Å². The molecule has 4 heteroatoms. The Morgan fingerprint density at radius 1 is 1.21 bits per heavy atom. The van der Waals surface area contributed by atoms with Crippen LogP contribution in [0, 0.1) is 0 Å². The van der Waals surface area contributed by atoms with Gasteiger partial charge in [0.05, 0.1) is 5.56 Å². The molecule has 2 aromatic carbocycles. The molecule has 2 rings (SSSR count). The van der Waals surface area contributed by atoms with Gasteiger partial charge in [-0.1, -0.05) is 35.9 Å². The fraction of sp³-hybridized carbons (Fsp3) is 0.133. The van der Waals surface area contributed by atoms with Crippen LogP contribution in [-0.2, 0) is 11.3 Å². The number of esters is 1. The predicted octanol–water partition coefficient (Wildman–Crippen LogP) is 3.74. The van der Waals surface area contributed by atoms with Crippen LogP contribution in [0.1, 0.15) is 15.9 Å². The number of rotatable bonds is 4. The monoisotopic (exact) mass is 275 g/mol. The molecule has 2 aromatic rings. The number of hydrogen-bond acceptors (Lipinski definition) is 3. The smallest absolute Gasteiger partial charge is 0.340 e. The lowest BCUT2D eigenvalue weighted by molar-refractivity contribution is 0.0474. The van der Waals surface area contributed by atoms with E-state index in [0.717, 1.165) is 11.3 Å². The molecule has 0 saturated carbocycles. The van der Waals surface area contributed by atoms with Crippen molar-refractivity contribution in [1.29, 1.82) is 0 Å². The summed E-state index contributed by atoms with van der Waals surface area (Å²) in [5.41, 5.74) is 2.13. The maximum atomic E-state index is 12.0. The van der Waals surface area contributed by atoms with Gasteiger partial charge in [0.2, 0.25) is 0 Å². The molecular weight excluding hydrogens is 262 g/mol. The van der Waals surface area contributed by atoms with Crippen LogP contribution >= 0.6 is 11.6 Å². The number of anilines is 1. The van der Waals surface area contributed by atoms with E-state index >= 15 is 0 Å². The lowest BCUT2D eigenvalue weighted by atomic mass is 10.2. The largest absolute Gasteiger partial charge is 0.457 e. The highest BCUT2D eigenvalue weighted by Crippen LogP contribution is 2.17. The van der Waals surface area contributed by atoms with Gasteiger partial charge in [0.15, 0.2) is 0 Å². The van der Waals surface area contributed by atoms with Gasteiger partial charge >= 0.3 is 5.97 Å². The van der Waals surface area contributed by atoms with Crippen LogP contribution in [0.15, 0.2) is 48.5 Å². The summed E-state index contributed by atoms with van der Waals surface area (Å²) in [6.45, 7) is 0.206. The van der Waals surface area contributed by atoms with Gasteiger partial charge in [-0.2, -0.15) is 0 Å². The van der Waals surface area contributed by atoms with Gasteiger partial charge in [-0.05, 0) is 29.8 Å². The Bertz CT molecular complexity index is 584. The predicted molar refractivity (Wildman–Crippen MR) is 76.6 cm³/mol. The summed E-state index contributed by atoms with van der Waals surface area (Å²) >= 11 is 5.87. The summed E-state index contributed by atoms with van der Waals surface area (Å²) in [4.78, 5) is 12.0. The molecule has 0 aliphatic rings. The first-order valence-electron chi connectivity index (χ1n) is 5.89. The summed E-state index contributed by atoms with van der Waals surface area (Å²) in [6.07, 6.45) is 0. The summed E-state index contributed by atoms with van der Waals surface area (Å²) in [6, 6.07) is 14.5. The maximum Gasteiger partial charge on any atom is 0.340 e. The summed E-state index contributed by atoms with van der Waals surface area (Å²) in [5.74, 6) is -0.357. The first-order valence-corrected chi connectivity index (χ1v) is 6.27. The minimum Gasteiger partial charge on any atom is -0.457 e. The first-order chi connectivity index (χ1) is 9.20. The number of hydrogen-bond donors (Lipinski definition) is 1. The maximum absolute atomic E-state index is 12.0. The Balaban J connectivity index is 2.05. The zero-order chi connectivity index (χ0) is 13.7. The van der Waals surface area contributed by atoms with Crippen LogP contribution in [0.5, 0.6) is 0 Å². The van der Waals surface area contributed by atoms with Crippen LogP contribution in [0.2, 0.25) is 5.02 Å². The SMILES string of the molecule is CNc1ccccc1C(=O)OCc1cccc(Cl)c1. The van der Waals surface area contributed by atoms with Crippen LogP contribution in [-0.4, -0.2) is 13.0 Å². The normalized spacial score (nSPS) is 10.0. The molecule has 0 fully saturated rings. The lowest BCUT2D eigenvalue weighted by Gasteiger charge is -2.09. The molecule has 0 heterocycles. The Kier molecular flexibility index (Phi) is 4.42.